The average molecular weight is 428 g/mol. The zero-order valence-corrected chi connectivity index (χ0v) is 17.0. The summed E-state index contributed by atoms with van der Waals surface area (Å²) in [5.41, 5.74) is 0.391. The van der Waals surface area contributed by atoms with Crippen LogP contribution in [0.25, 0.3) is 0 Å². The van der Waals surface area contributed by atoms with Crippen molar-refractivity contribution in [3.8, 4) is 0 Å². The predicted octanol–water partition coefficient (Wildman–Crippen LogP) is 1.48. The van der Waals surface area contributed by atoms with E-state index in [0.29, 0.717) is 30.0 Å². The van der Waals surface area contributed by atoms with Gasteiger partial charge in [-0.15, -0.1) is 0 Å². The number of thiocarbonyl (C=S) groups is 1. The SMILES string of the molecule is CN(C)C(=O)[C@H]1CC[C@H](NC(=S)C(=O)Nc2cncc(Cl)c2)[C@H](NC(=O)O)C1. The first kappa shape index (κ1) is 21.8. The van der Waals surface area contributed by atoms with E-state index in [-0.39, 0.29) is 16.8 Å². The minimum absolute atomic E-state index is 0.0515. The number of nitrogens with one attached hydrogen (secondary N) is 3. The number of rotatable bonds is 4. The first-order chi connectivity index (χ1) is 13.2. The third-order valence-corrected chi connectivity index (χ3v) is 4.94. The van der Waals surface area contributed by atoms with E-state index in [4.69, 9.17) is 28.9 Å². The molecule has 1 fully saturated rings. The number of halogens is 1. The highest BCUT2D eigenvalue weighted by Gasteiger charge is 2.36. The van der Waals surface area contributed by atoms with Gasteiger partial charge in [0, 0.05) is 32.3 Å². The van der Waals surface area contributed by atoms with E-state index in [9.17, 15) is 14.4 Å². The molecule has 0 bridgehead atoms. The fourth-order valence-corrected chi connectivity index (χ4v) is 3.53. The number of anilines is 1. The second-order valence-electron chi connectivity index (χ2n) is 6.72. The Labute approximate surface area is 172 Å². The lowest BCUT2D eigenvalue weighted by molar-refractivity contribution is -0.134. The van der Waals surface area contributed by atoms with Gasteiger partial charge < -0.3 is 26.0 Å². The van der Waals surface area contributed by atoms with Crippen LogP contribution in [0.1, 0.15) is 19.3 Å². The minimum Gasteiger partial charge on any atom is -0.465 e. The van der Waals surface area contributed by atoms with Crippen molar-refractivity contribution in [2.45, 2.75) is 31.3 Å². The zero-order chi connectivity index (χ0) is 20.8. The van der Waals surface area contributed by atoms with Crippen molar-refractivity contribution in [2.24, 2.45) is 5.92 Å². The molecule has 3 amide bonds. The van der Waals surface area contributed by atoms with Crippen molar-refractivity contribution in [2.75, 3.05) is 19.4 Å². The van der Waals surface area contributed by atoms with Crippen molar-refractivity contribution >= 4 is 52.4 Å². The molecular weight excluding hydrogens is 406 g/mol. The molecule has 3 atom stereocenters. The van der Waals surface area contributed by atoms with Crippen LogP contribution in [0.15, 0.2) is 18.5 Å². The second kappa shape index (κ2) is 9.65. The highest BCUT2D eigenvalue weighted by molar-refractivity contribution is 7.82. The predicted molar refractivity (Wildman–Crippen MR) is 108 cm³/mol. The Morgan fingerprint density at radius 2 is 1.93 bits per heavy atom. The van der Waals surface area contributed by atoms with Gasteiger partial charge in [0.2, 0.25) is 5.91 Å². The van der Waals surface area contributed by atoms with Gasteiger partial charge in [-0.05, 0) is 25.3 Å². The molecule has 0 aromatic carbocycles. The van der Waals surface area contributed by atoms with Gasteiger partial charge in [-0.3, -0.25) is 14.6 Å². The zero-order valence-electron chi connectivity index (χ0n) is 15.4. The smallest absolute Gasteiger partial charge is 0.404 e. The standard InChI is InChI=1S/C17H22ClN5O4S/c1-23(2)16(25)9-3-4-12(13(5-9)22-17(26)27)21-15(28)14(24)20-11-6-10(18)7-19-8-11/h6-9,12-13,22H,3-5H2,1-2H3,(H,20,24)(H,21,28)(H,26,27)/t9-,12-,13+/m0/s1. The molecule has 1 aromatic rings. The summed E-state index contributed by atoms with van der Waals surface area (Å²) in [6.07, 6.45) is 3.04. The Balaban J connectivity index is 2.01. The molecule has 1 saturated carbocycles. The van der Waals surface area contributed by atoms with Crippen molar-refractivity contribution in [3.05, 3.63) is 23.5 Å². The minimum atomic E-state index is -1.20. The maximum atomic E-state index is 12.3. The van der Waals surface area contributed by atoms with Crippen LogP contribution >= 0.6 is 23.8 Å². The molecule has 4 N–H and O–H groups in total. The summed E-state index contributed by atoms with van der Waals surface area (Å²) >= 11 is 11.0. The normalized spacial score (nSPS) is 21.3. The van der Waals surface area contributed by atoms with E-state index >= 15 is 0 Å². The molecule has 11 heteroatoms. The highest BCUT2D eigenvalue weighted by Crippen LogP contribution is 2.26. The van der Waals surface area contributed by atoms with Gasteiger partial charge in [0.1, 0.15) is 0 Å². The molecule has 1 aliphatic rings. The number of aromatic nitrogens is 1. The molecule has 0 saturated heterocycles. The summed E-state index contributed by atoms with van der Waals surface area (Å²) in [7, 11) is 3.33. The molecule has 2 rings (SSSR count). The van der Waals surface area contributed by atoms with Gasteiger partial charge >= 0.3 is 6.09 Å². The van der Waals surface area contributed by atoms with Gasteiger partial charge in [-0.25, -0.2) is 4.79 Å². The third-order valence-electron chi connectivity index (χ3n) is 4.43. The Hall–Kier alpha value is -2.46. The van der Waals surface area contributed by atoms with Crippen molar-refractivity contribution < 1.29 is 19.5 Å². The molecule has 0 aliphatic heterocycles. The molecule has 1 aromatic heterocycles. The van der Waals surface area contributed by atoms with E-state index < -0.39 is 24.1 Å². The van der Waals surface area contributed by atoms with Crippen LogP contribution in [0.4, 0.5) is 10.5 Å². The fourth-order valence-electron chi connectivity index (χ4n) is 3.15. The van der Waals surface area contributed by atoms with Crippen molar-refractivity contribution in [3.63, 3.8) is 0 Å². The number of amides is 3. The van der Waals surface area contributed by atoms with Gasteiger partial charge in [0.05, 0.1) is 22.9 Å². The lowest BCUT2D eigenvalue weighted by Crippen LogP contribution is -2.56. The maximum absolute atomic E-state index is 12.3. The third kappa shape index (κ3) is 6.03. The summed E-state index contributed by atoms with van der Waals surface area (Å²) < 4.78 is 0. The average Bonchev–Trinajstić information content (AvgIpc) is 2.61. The van der Waals surface area contributed by atoms with Crippen LogP contribution in [0.2, 0.25) is 5.02 Å². The summed E-state index contributed by atoms with van der Waals surface area (Å²) in [6.45, 7) is 0. The topological polar surface area (TPSA) is 124 Å². The number of carboxylic acid groups (broad SMARTS) is 1. The van der Waals surface area contributed by atoms with Gasteiger partial charge in [0.25, 0.3) is 5.91 Å². The number of hydrogen-bond acceptors (Lipinski definition) is 5. The molecule has 0 unspecified atom stereocenters. The molecular formula is C17H22ClN5O4S. The molecule has 152 valence electrons. The lowest BCUT2D eigenvalue weighted by atomic mass is 9.81. The van der Waals surface area contributed by atoms with Crippen LogP contribution < -0.4 is 16.0 Å². The summed E-state index contributed by atoms with van der Waals surface area (Å²) in [5, 5.41) is 17.4. The van der Waals surface area contributed by atoms with Crippen LogP contribution in [-0.2, 0) is 9.59 Å². The van der Waals surface area contributed by atoms with E-state index in [0.717, 1.165) is 0 Å². The Bertz CT molecular complexity index is 776. The van der Waals surface area contributed by atoms with Gasteiger partial charge in [0.15, 0.2) is 4.99 Å². The molecule has 1 aliphatic carbocycles. The van der Waals surface area contributed by atoms with Crippen molar-refractivity contribution in [1.82, 2.24) is 20.5 Å². The number of pyridine rings is 1. The second-order valence-corrected chi connectivity index (χ2v) is 7.57. The van der Waals surface area contributed by atoms with E-state index in [1.165, 1.54) is 23.4 Å². The quantitative estimate of drug-likeness (QED) is 0.536. The summed E-state index contributed by atoms with van der Waals surface area (Å²) in [5.74, 6) is -0.895. The fraction of sp³-hybridized carbons (Fsp3) is 0.471. The Kier molecular flexibility index (Phi) is 7.53. The highest BCUT2D eigenvalue weighted by atomic mass is 35.5. The van der Waals surface area contributed by atoms with Crippen LogP contribution in [0.5, 0.6) is 0 Å². The van der Waals surface area contributed by atoms with E-state index in [2.05, 4.69) is 20.9 Å². The molecule has 28 heavy (non-hydrogen) atoms. The Morgan fingerprint density at radius 3 is 2.54 bits per heavy atom. The monoisotopic (exact) mass is 427 g/mol. The molecule has 0 spiro atoms. The summed E-state index contributed by atoms with van der Waals surface area (Å²) in [6, 6.07) is 0.568. The van der Waals surface area contributed by atoms with Gasteiger partial charge in [-0.2, -0.15) is 0 Å². The van der Waals surface area contributed by atoms with Crippen LogP contribution in [0.3, 0.4) is 0 Å². The van der Waals surface area contributed by atoms with Crippen molar-refractivity contribution in [1.29, 1.82) is 0 Å². The number of carbonyl (C=O) groups is 3. The number of carbonyl (C=O) groups excluding carboxylic acids is 2. The maximum Gasteiger partial charge on any atom is 0.404 e. The van der Waals surface area contributed by atoms with E-state index in [1.54, 1.807) is 14.1 Å². The van der Waals surface area contributed by atoms with E-state index in [1.807, 2.05) is 0 Å². The first-order valence-electron chi connectivity index (χ1n) is 8.60. The first-order valence-corrected chi connectivity index (χ1v) is 9.39. The summed E-state index contributed by atoms with van der Waals surface area (Å²) in [4.78, 5) is 41.0. The number of nitrogens with zero attached hydrogens (tertiary/aromatic N) is 2. The molecule has 1 heterocycles. The van der Waals surface area contributed by atoms with Gasteiger partial charge in [-0.1, -0.05) is 23.8 Å². The van der Waals surface area contributed by atoms with Crippen LogP contribution in [-0.4, -0.2) is 64.1 Å². The van der Waals surface area contributed by atoms with Crippen LogP contribution in [0, 0.1) is 5.92 Å². The molecule has 9 nitrogen and oxygen atoms in total. The Morgan fingerprint density at radius 1 is 1.21 bits per heavy atom. The molecule has 0 radical (unpaired) electrons. The lowest BCUT2D eigenvalue weighted by Gasteiger charge is -2.37. The largest absolute Gasteiger partial charge is 0.465 e. The number of hydrogen-bond donors (Lipinski definition) is 4.